The van der Waals surface area contributed by atoms with E-state index in [1.54, 1.807) is 18.7 Å². The first-order valence-corrected chi connectivity index (χ1v) is 8.01. The number of nitrogens with zero attached hydrogens (tertiary/aromatic N) is 4. The van der Waals surface area contributed by atoms with Gasteiger partial charge < -0.3 is 15.2 Å². The van der Waals surface area contributed by atoms with E-state index in [-0.39, 0.29) is 18.5 Å². The van der Waals surface area contributed by atoms with Gasteiger partial charge in [0.15, 0.2) is 11.2 Å². The second-order valence-electron chi connectivity index (χ2n) is 6.40. The molecule has 1 amide bonds. The smallest absolute Gasteiger partial charge is 0.332 e. The fourth-order valence-electron chi connectivity index (χ4n) is 3.16. The lowest BCUT2D eigenvalue weighted by molar-refractivity contribution is -0.123. The summed E-state index contributed by atoms with van der Waals surface area (Å²) in [6.45, 7) is 3.46. The molecule has 1 fully saturated rings. The summed E-state index contributed by atoms with van der Waals surface area (Å²) in [5, 5.41) is 6.21. The minimum atomic E-state index is -0.542. The third-order valence-corrected chi connectivity index (χ3v) is 4.63. The van der Waals surface area contributed by atoms with Gasteiger partial charge in [-0.15, -0.1) is 0 Å². The van der Waals surface area contributed by atoms with Gasteiger partial charge in [0.25, 0.3) is 5.56 Å². The van der Waals surface area contributed by atoms with Crippen molar-refractivity contribution >= 4 is 17.1 Å². The highest BCUT2D eigenvalue weighted by atomic mass is 16.2. The number of fused-ring (bicyclic) bond motifs is 1. The molecule has 9 nitrogen and oxygen atoms in total. The van der Waals surface area contributed by atoms with Gasteiger partial charge in [0, 0.05) is 20.1 Å². The number of nitrogens with one attached hydrogen (secondary N) is 2. The van der Waals surface area contributed by atoms with Crippen LogP contribution in [0.5, 0.6) is 0 Å². The van der Waals surface area contributed by atoms with E-state index < -0.39 is 11.2 Å². The molecule has 0 saturated carbocycles. The average Bonchev–Trinajstić information content (AvgIpc) is 2.94. The first-order valence-electron chi connectivity index (χ1n) is 8.01. The van der Waals surface area contributed by atoms with Gasteiger partial charge in [0.05, 0.1) is 6.33 Å². The van der Waals surface area contributed by atoms with Crippen molar-refractivity contribution in [1.82, 2.24) is 29.3 Å². The maximum atomic E-state index is 12.6. The zero-order valence-electron chi connectivity index (χ0n) is 14.1. The second kappa shape index (κ2) is 6.23. The van der Waals surface area contributed by atoms with E-state index in [1.165, 1.54) is 10.9 Å². The van der Waals surface area contributed by atoms with Gasteiger partial charge >= 0.3 is 5.69 Å². The van der Waals surface area contributed by atoms with Crippen molar-refractivity contribution in [2.24, 2.45) is 20.0 Å². The Morgan fingerprint density at radius 3 is 2.88 bits per heavy atom. The minimum Gasteiger partial charge on any atom is -0.351 e. The van der Waals surface area contributed by atoms with Crippen LogP contribution in [0.25, 0.3) is 11.2 Å². The van der Waals surface area contributed by atoms with E-state index in [2.05, 4.69) is 22.5 Å². The van der Waals surface area contributed by atoms with Crippen LogP contribution in [0, 0.1) is 5.92 Å². The number of hydrogen-bond acceptors (Lipinski definition) is 5. The predicted molar refractivity (Wildman–Crippen MR) is 88.8 cm³/mol. The number of aryl methyl sites for hydroxylation is 2. The average molecular weight is 334 g/mol. The number of hydrogen-bond donors (Lipinski definition) is 2. The molecule has 1 aliphatic heterocycles. The Hall–Kier alpha value is -2.42. The van der Waals surface area contributed by atoms with Gasteiger partial charge in [0.2, 0.25) is 5.91 Å². The molecule has 1 aliphatic rings. The van der Waals surface area contributed by atoms with Crippen molar-refractivity contribution < 1.29 is 4.79 Å². The van der Waals surface area contributed by atoms with Crippen molar-refractivity contribution in [3.05, 3.63) is 27.2 Å². The van der Waals surface area contributed by atoms with Crippen LogP contribution in [0.1, 0.15) is 13.3 Å². The molecule has 2 unspecified atom stereocenters. The molecular formula is C15H22N6O3. The molecule has 9 heteroatoms. The zero-order chi connectivity index (χ0) is 17.4. The molecule has 3 heterocycles. The largest absolute Gasteiger partial charge is 0.351 e. The van der Waals surface area contributed by atoms with Gasteiger partial charge in [0.1, 0.15) is 6.54 Å². The molecule has 0 radical (unpaired) electrons. The summed E-state index contributed by atoms with van der Waals surface area (Å²) in [6.07, 6.45) is 2.31. The number of amides is 1. The summed E-state index contributed by atoms with van der Waals surface area (Å²) < 4.78 is 3.81. The number of aromatic nitrogens is 4. The summed E-state index contributed by atoms with van der Waals surface area (Å²) in [4.78, 5) is 41.4. The van der Waals surface area contributed by atoms with Gasteiger partial charge in [-0.25, -0.2) is 14.3 Å². The van der Waals surface area contributed by atoms with E-state index in [4.69, 9.17) is 0 Å². The van der Waals surface area contributed by atoms with Crippen LogP contribution in [0.4, 0.5) is 0 Å². The van der Waals surface area contributed by atoms with Crippen molar-refractivity contribution in [1.29, 1.82) is 0 Å². The summed E-state index contributed by atoms with van der Waals surface area (Å²) >= 11 is 0. The Bertz CT molecular complexity index is 893. The Balaban J connectivity index is 1.90. The SMILES string of the molecule is CC1CNCCC1NC(=O)Cn1c(=O)c2c(ncn2C)n(C)c1=O. The molecule has 0 aromatic carbocycles. The number of rotatable bonds is 3. The molecule has 130 valence electrons. The minimum absolute atomic E-state index is 0.0544. The Labute approximate surface area is 138 Å². The summed E-state index contributed by atoms with van der Waals surface area (Å²) in [6, 6.07) is 0.0544. The van der Waals surface area contributed by atoms with Crippen molar-refractivity contribution in [3.63, 3.8) is 0 Å². The van der Waals surface area contributed by atoms with Crippen LogP contribution in [-0.4, -0.2) is 43.7 Å². The van der Waals surface area contributed by atoms with Gasteiger partial charge in [-0.1, -0.05) is 6.92 Å². The molecule has 2 N–H and O–H groups in total. The lowest BCUT2D eigenvalue weighted by Gasteiger charge is -2.30. The maximum Gasteiger partial charge on any atom is 0.332 e. The Kier molecular flexibility index (Phi) is 4.27. The molecule has 1 saturated heterocycles. The number of carbonyl (C=O) groups excluding carboxylic acids is 1. The van der Waals surface area contributed by atoms with Crippen LogP contribution >= 0.6 is 0 Å². The van der Waals surface area contributed by atoms with Crippen LogP contribution in [0.3, 0.4) is 0 Å². The van der Waals surface area contributed by atoms with E-state index in [0.717, 1.165) is 24.1 Å². The monoisotopic (exact) mass is 334 g/mol. The molecule has 0 spiro atoms. The van der Waals surface area contributed by atoms with Crippen LogP contribution < -0.4 is 21.9 Å². The molecule has 24 heavy (non-hydrogen) atoms. The number of carbonyl (C=O) groups is 1. The highest BCUT2D eigenvalue weighted by Crippen LogP contribution is 2.10. The predicted octanol–water partition coefficient (Wildman–Crippen LogP) is -1.45. The zero-order valence-corrected chi connectivity index (χ0v) is 14.1. The van der Waals surface area contributed by atoms with Crippen LogP contribution in [0.15, 0.2) is 15.9 Å². The van der Waals surface area contributed by atoms with E-state index in [9.17, 15) is 14.4 Å². The number of imidazole rings is 1. The molecule has 0 aliphatic carbocycles. The third kappa shape index (κ3) is 2.75. The molecule has 0 bridgehead atoms. The van der Waals surface area contributed by atoms with Crippen molar-refractivity contribution in [3.8, 4) is 0 Å². The quantitative estimate of drug-likeness (QED) is 0.715. The van der Waals surface area contributed by atoms with Gasteiger partial charge in [-0.05, 0) is 25.4 Å². The molecule has 2 atom stereocenters. The van der Waals surface area contributed by atoms with Gasteiger partial charge in [-0.2, -0.15) is 0 Å². The summed E-state index contributed by atoms with van der Waals surface area (Å²) in [7, 11) is 3.22. The Morgan fingerprint density at radius 1 is 1.42 bits per heavy atom. The van der Waals surface area contributed by atoms with Crippen molar-refractivity contribution in [2.45, 2.75) is 25.9 Å². The lowest BCUT2D eigenvalue weighted by Crippen LogP contribution is -2.51. The van der Waals surface area contributed by atoms with E-state index in [0.29, 0.717) is 17.1 Å². The summed E-state index contributed by atoms with van der Waals surface area (Å²) in [5.41, 5.74) is -0.419. The normalized spacial score (nSPS) is 21.1. The van der Waals surface area contributed by atoms with Crippen molar-refractivity contribution in [2.75, 3.05) is 13.1 Å². The fourth-order valence-corrected chi connectivity index (χ4v) is 3.16. The standard InChI is InChI=1S/C15H22N6O3/c1-9-6-16-5-4-10(9)18-11(22)7-21-14(23)12-13(17-8-19(12)2)20(3)15(21)24/h8-10,16H,4-7H2,1-3H3,(H,18,22). The Morgan fingerprint density at radius 2 is 2.17 bits per heavy atom. The molecule has 3 rings (SSSR count). The third-order valence-electron chi connectivity index (χ3n) is 4.63. The highest BCUT2D eigenvalue weighted by molar-refractivity contribution is 5.77. The first-order chi connectivity index (χ1) is 11.4. The molecule has 2 aromatic heterocycles. The maximum absolute atomic E-state index is 12.6. The molecule has 2 aromatic rings. The number of piperidine rings is 1. The lowest BCUT2D eigenvalue weighted by atomic mass is 9.95. The topological polar surface area (TPSA) is 103 Å². The molecular weight excluding hydrogens is 312 g/mol. The van der Waals surface area contributed by atoms with Gasteiger partial charge in [-0.3, -0.25) is 14.2 Å². The van der Waals surface area contributed by atoms with Crippen LogP contribution in [-0.2, 0) is 25.4 Å². The summed E-state index contributed by atoms with van der Waals surface area (Å²) in [5.74, 6) is -0.0173. The first kappa shape index (κ1) is 16.4. The van der Waals surface area contributed by atoms with E-state index in [1.807, 2.05) is 0 Å². The van der Waals surface area contributed by atoms with Crippen LogP contribution in [0.2, 0.25) is 0 Å². The second-order valence-corrected chi connectivity index (χ2v) is 6.40. The van der Waals surface area contributed by atoms with E-state index >= 15 is 0 Å². The highest BCUT2D eigenvalue weighted by Gasteiger charge is 2.23. The fraction of sp³-hybridized carbons (Fsp3) is 0.600.